The highest BCUT2D eigenvalue weighted by molar-refractivity contribution is 7.89. The van der Waals surface area contributed by atoms with Crippen molar-refractivity contribution in [2.24, 2.45) is 0 Å². The molecule has 0 bridgehead atoms. The second-order valence-corrected chi connectivity index (χ2v) is 8.75. The minimum absolute atomic E-state index is 0.0935. The monoisotopic (exact) mass is 394 g/mol. The number of hydrogen-bond donors (Lipinski definition) is 1. The van der Waals surface area contributed by atoms with Crippen molar-refractivity contribution in [2.75, 3.05) is 0 Å². The first-order valence-electron chi connectivity index (χ1n) is 8.23. The summed E-state index contributed by atoms with van der Waals surface area (Å²) in [5.74, 6) is -0.374. The standard InChI is InChI=1S/C18H19FN2O3S2/c1-3-10-21-16-9-8-15(11-17(16)25-18(21)22)26(23,24)20-12(2)13-4-6-14(19)7-5-13/h4-9,11-12,20H,3,10H2,1-2H3/t12-/m1/s1. The molecule has 0 spiro atoms. The predicted molar refractivity (Wildman–Crippen MR) is 102 cm³/mol. The number of thiazole rings is 1. The summed E-state index contributed by atoms with van der Waals surface area (Å²) in [6.07, 6.45) is 0.822. The van der Waals surface area contributed by atoms with Crippen LogP contribution in [-0.4, -0.2) is 13.0 Å². The highest BCUT2D eigenvalue weighted by Gasteiger charge is 2.20. The summed E-state index contributed by atoms with van der Waals surface area (Å²) in [5, 5.41) is 0. The molecular weight excluding hydrogens is 375 g/mol. The van der Waals surface area contributed by atoms with Gasteiger partial charge in [-0.25, -0.2) is 17.5 Å². The molecule has 1 N–H and O–H groups in total. The number of sulfonamides is 1. The summed E-state index contributed by atoms with van der Waals surface area (Å²) >= 11 is 1.04. The first-order chi connectivity index (χ1) is 12.3. The number of rotatable bonds is 6. The van der Waals surface area contributed by atoms with Gasteiger partial charge in [-0.15, -0.1) is 0 Å². The molecule has 8 heteroatoms. The molecule has 3 rings (SSSR count). The van der Waals surface area contributed by atoms with Crippen molar-refractivity contribution in [3.05, 3.63) is 63.5 Å². The third-order valence-corrected chi connectivity index (χ3v) is 6.58. The molecule has 1 aromatic heterocycles. The smallest absolute Gasteiger partial charge is 0.299 e. The van der Waals surface area contributed by atoms with E-state index in [1.165, 1.54) is 24.3 Å². The average Bonchev–Trinajstić information content (AvgIpc) is 2.90. The molecule has 0 fully saturated rings. The number of aromatic nitrogens is 1. The fourth-order valence-electron chi connectivity index (χ4n) is 2.77. The van der Waals surface area contributed by atoms with E-state index in [1.54, 1.807) is 29.7 Å². The topological polar surface area (TPSA) is 68.2 Å². The summed E-state index contributed by atoms with van der Waals surface area (Å²) < 4.78 is 43.3. The molecule has 0 unspecified atom stereocenters. The minimum atomic E-state index is -3.77. The number of aryl methyl sites for hydroxylation is 1. The Kier molecular flexibility index (Phi) is 5.27. The first-order valence-corrected chi connectivity index (χ1v) is 10.5. The van der Waals surface area contributed by atoms with Gasteiger partial charge in [0, 0.05) is 12.6 Å². The van der Waals surface area contributed by atoms with Crippen molar-refractivity contribution in [1.82, 2.24) is 9.29 Å². The second-order valence-electron chi connectivity index (χ2n) is 6.04. The lowest BCUT2D eigenvalue weighted by atomic mass is 10.1. The van der Waals surface area contributed by atoms with Crippen LogP contribution < -0.4 is 9.60 Å². The van der Waals surface area contributed by atoms with Crippen molar-refractivity contribution in [3.63, 3.8) is 0 Å². The summed E-state index contributed by atoms with van der Waals surface area (Å²) in [5.41, 5.74) is 1.40. The highest BCUT2D eigenvalue weighted by Crippen LogP contribution is 2.23. The number of hydrogen-bond acceptors (Lipinski definition) is 4. The maximum atomic E-state index is 13.0. The van der Waals surface area contributed by atoms with Gasteiger partial charge in [0.25, 0.3) is 0 Å². The van der Waals surface area contributed by atoms with Crippen LogP contribution >= 0.6 is 11.3 Å². The summed E-state index contributed by atoms with van der Waals surface area (Å²) in [6, 6.07) is 9.85. The van der Waals surface area contributed by atoms with Crippen LogP contribution in [-0.2, 0) is 16.6 Å². The van der Waals surface area contributed by atoms with Crippen molar-refractivity contribution in [2.45, 2.75) is 37.8 Å². The fourth-order valence-corrected chi connectivity index (χ4v) is 5.06. The summed E-state index contributed by atoms with van der Waals surface area (Å²) in [6.45, 7) is 4.28. The SMILES string of the molecule is CCCn1c(=O)sc2cc(S(=O)(=O)N[C@H](C)c3ccc(F)cc3)ccc21. The Morgan fingerprint density at radius 1 is 1.19 bits per heavy atom. The fraction of sp³-hybridized carbons (Fsp3) is 0.278. The maximum absolute atomic E-state index is 13.0. The molecule has 2 aromatic carbocycles. The van der Waals surface area contributed by atoms with E-state index in [0.717, 1.165) is 23.3 Å². The zero-order valence-electron chi connectivity index (χ0n) is 14.4. The molecular formula is C18H19FN2O3S2. The lowest BCUT2D eigenvalue weighted by Crippen LogP contribution is -2.26. The third kappa shape index (κ3) is 3.72. The highest BCUT2D eigenvalue weighted by atomic mass is 32.2. The third-order valence-electron chi connectivity index (χ3n) is 4.10. The minimum Gasteiger partial charge on any atom is -0.299 e. The van der Waals surface area contributed by atoms with Crippen molar-refractivity contribution in [3.8, 4) is 0 Å². The van der Waals surface area contributed by atoms with Gasteiger partial charge in [0.1, 0.15) is 5.82 Å². The lowest BCUT2D eigenvalue weighted by Gasteiger charge is -2.15. The molecule has 0 aliphatic rings. The molecule has 3 aromatic rings. The van der Waals surface area contributed by atoms with Crippen LogP contribution in [0.3, 0.4) is 0 Å². The second kappa shape index (κ2) is 7.30. The summed E-state index contributed by atoms with van der Waals surface area (Å²) in [7, 11) is -3.77. The van der Waals surface area contributed by atoms with Gasteiger partial charge in [0.15, 0.2) is 0 Å². The van der Waals surface area contributed by atoms with E-state index in [0.29, 0.717) is 16.8 Å². The van der Waals surface area contributed by atoms with Crippen LogP contribution in [0.25, 0.3) is 10.2 Å². The Hall–Kier alpha value is -2.03. The maximum Gasteiger partial charge on any atom is 0.308 e. The van der Waals surface area contributed by atoms with Gasteiger partial charge in [-0.3, -0.25) is 9.36 Å². The number of fused-ring (bicyclic) bond motifs is 1. The Balaban J connectivity index is 1.91. The van der Waals surface area contributed by atoms with Gasteiger partial charge < -0.3 is 0 Å². The van der Waals surface area contributed by atoms with E-state index < -0.39 is 16.1 Å². The van der Waals surface area contributed by atoms with Crippen LogP contribution in [0.5, 0.6) is 0 Å². The van der Waals surface area contributed by atoms with Gasteiger partial charge in [0.05, 0.1) is 15.1 Å². The van der Waals surface area contributed by atoms with Gasteiger partial charge in [0.2, 0.25) is 10.0 Å². The van der Waals surface area contributed by atoms with E-state index in [1.807, 2.05) is 6.92 Å². The van der Waals surface area contributed by atoms with Gasteiger partial charge in [-0.2, -0.15) is 0 Å². The number of nitrogens with zero attached hydrogens (tertiary/aromatic N) is 1. The van der Waals surface area contributed by atoms with E-state index in [9.17, 15) is 17.6 Å². The van der Waals surface area contributed by atoms with Crippen LogP contribution in [0.15, 0.2) is 52.2 Å². The van der Waals surface area contributed by atoms with Gasteiger partial charge in [-0.1, -0.05) is 30.4 Å². The number of halogens is 1. The molecule has 26 heavy (non-hydrogen) atoms. The molecule has 138 valence electrons. The molecule has 5 nitrogen and oxygen atoms in total. The quantitative estimate of drug-likeness (QED) is 0.694. The van der Waals surface area contributed by atoms with Crippen LogP contribution in [0.1, 0.15) is 31.9 Å². The van der Waals surface area contributed by atoms with Gasteiger partial charge in [-0.05, 0) is 49.2 Å². The van der Waals surface area contributed by atoms with E-state index in [2.05, 4.69) is 4.72 Å². The number of benzene rings is 2. The molecule has 0 saturated heterocycles. The zero-order valence-corrected chi connectivity index (χ0v) is 16.0. The van der Waals surface area contributed by atoms with Crippen molar-refractivity contribution in [1.29, 1.82) is 0 Å². The van der Waals surface area contributed by atoms with E-state index in [-0.39, 0.29) is 15.6 Å². The molecule has 0 amide bonds. The van der Waals surface area contributed by atoms with Crippen LogP contribution in [0.2, 0.25) is 0 Å². The molecule has 0 saturated carbocycles. The molecule has 0 aliphatic carbocycles. The van der Waals surface area contributed by atoms with Crippen molar-refractivity contribution < 1.29 is 12.8 Å². The van der Waals surface area contributed by atoms with Crippen molar-refractivity contribution >= 4 is 31.6 Å². The van der Waals surface area contributed by atoms with Crippen LogP contribution in [0.4, 0.5) is 4.39 Å². The Labute approximate surface area is 155 Å². The molecule has 1 atom stereocenters. The molecule has 1 heterocycles. The molecule has 0 radical (unpaired) electrons. The lowest BCUT2D eigenvalue weighted by molar-refractivity contribution is 0.566. The van der Waals surface area contributed by atoms with Gasteiger partial charge >= 0.3 is 4.87 Å². The zero-order chi connectivity index (χ0) is 18.9. The average molecular weight is 394 g/mol. The van der Waals surface area contributed by atoms with E-state index in [4.69, 9.17) is 0 Å². The normalized spacial score (nSPS) is 13.2. The first kappa shape index (κ1) is 18.8. The molecule has 0 aliphatic heterocycles. The Morgan fingerprint density at radius 3 is 2.54 bits per heavy atom. The number of nitrogens with one attached hydrogen (secondary N) is 1. The van der Waals surface area contributed by atoms with E-state index >= 15 is 0 Å². The predicted octanol–water partition coefficient (Wildman–Crippen LogP) is 3.65. The Bertz CT molecular complexity index is 1090. The Morgan fingerprint density at radius 2 is 1.88 bits per heavy atom. The largest absolute Gasteiger partial charge is 0.308 e. The summed E-state index contributed by atoms with van der Waals surface area (Å²) in [4.78, 5) is 12.1. The van der Waals surface area contributed by atoms with Crippen LogP contribution in [0, 0.1) is 5.82 Å².